The number of aliphatic hydroxyl groups is 10. The van der Waals surface area contributed by atoms with Crippen LogP contribution in [0.15, 0.2) is 0 Å². The molecule has 3 rings (SSSR count). The Hall–Kier alpha value is -0.600. The molecule has 3 aliphatic heterocycles. The van der Waals surface area contributed by atoms with Crippen LogP contribution >= 0.6 is 0 Å². The number of ether oxygens (including phenoxy) is 5. The minimum atomic E-state index is -1.84. The van der Waals surface area contributed by atoms with Gasteiger partial charge in [-0.15, -0.1) is 0 Å². The molecule has 1 unspecified atom stereocenters. The molecule has 15 atom stereocenters. The first-order valence-corrected chi connectivity index (χ1v) is 10.4. The van der Waals surface area contributed by atoms with Crippen molar-refractivity contribution in [1.82, 2.24) is 0 Å². The van der Waals surface area contributed by atoms with E-state index >= 15 is 0 Å². The van der Waals surface area contributed by atoms with E-state index in [4.69, 9.17) is 23.7 Å². The van der Waals surface area contributed by atoms with E-state index in [9.17, 15) is 51.1 Å². The Kier molecular flexibility index (Phi) is 8.99. The Morgan fingerprint density at radius 2 is 1.12 bits per heavy atom. The van der Waals surface area contributed by atoms with Crippen molar-refractivity contribution in [2.24, 2.45) is 0 Å². The lowest BCUT2D eigenvalue weighted by Crippen LogP contribution is -2.66. The zero-order chi connectivity index (χ0) is 24.6. The number of aliphatic hydroxyl groups excluding tert-OH is 10. The third-order valence-electron chi connectivity index (χ3n) is 6.05. The molecule has 15 nitrogen and oxygen atoms in total. The van der Waals surface area contributed by atoms with Gasteiger partial charge in [-0.3, -0.25) is 0 Å². The van der Waals surface area contributed by atoms with Crippen molar-refractivity contribution in [3.63, 3.8) is 0 Å². The quantitative estimate of drug-likeness (QED) is 0.167. The molecule has 3 aliphatic rings. The molecule has 10 N–H and O–H groups in total. The molecule has 3 heterocycles. The summed E-state index contributed by atoms with van der Waals surface area (Å²) in [6.07, 6.45) is -23.9. The fourth-order valence-electron chi connectivity index (χ4n) is 4.00. The van der Waals surface area contributed by atoms with Gasteiger partial charge in [0.25, 0.3) is 0 Å². The lowest BCUT2D eigenvalue weighted by Gasteiger charge is -2.47. The summed E-state index contributed by atoms with van der Waals surface area (Å²) in [5, 5.41) is 99.9. The van der Waals surface area contributed by atoms with Gasteiger partial charge in [-0.05, 0) is 6.92 Å². The molecule has 15 heteroatoms. The van der Waals surface area contributed by atoms with Crippen molar-refractivity contribution in [2.75, 3.05) is 13.2 Å². The van der Waals surface area contributed by atoms with Crippen molar-refractivity contribution < 1.29 is 74.7 Å². The van der Waals surface area contributed by atoms with Crippen molar-refractivity contribution >= 4 is 0 Å². The topological polar surface area (TPSA) is 248 Å². The van der Waals surface area contributed by atoms with Crippen LogP contribution in [0.2, 0.25) is 0 Å². The summed E-state index contributed by atoms with van der Waals surface area (Å²) in [7, 11) is 0. The summed E-state index contributed by atoms with van der Waals surface area (Å²) in [6, 6.07) is 0. The molecule has 0 aromatic carbocycles. The standard InChI is InChI=1S/C18H32O15/c1-4-7(21)9(23)12(26)17(29-4)33-15-8(22)5(2-19)31-18(13(15)27)32-14-6(3-20)30-16(28)11(25)10(14)24/h4-28H,2-3H2,1H3/t4-,5+,6+,7+,8-,9+,10+,11+,12-,13+,14+,15-,16?,17-,18-/m0/s1. The third-order valence-corrected chi connectivity index (χ3v) is 6.05. The van der Waals surface area contributed by atoms with Crippen molar-refractivity contribution in [1.29, 1.82) is 0 Å². The predicted octanol–water partition coefficient (Wildman–Crippen LogP) is -6.55. The average Bonchev–Trinajstić information content (AvgIpc) is 2.79. The Labute approximate surface area is 187 Å². The average molecular weight is 488 g/mol. The highest BCUT2D eigenvalue weighted by atomic mass is 16.7. The van der Waals surface area contributed by atoms with E-state index in [1.54, 1.807) is 0 Å². The Morgan fingerprint density at radius 3 is 1.73 bits per heavy atom. The van der Waals surface area contributed by atoms with Gasteiger partial charge >= 0.3 is 0 Å². The lowest BCUT2D eigenvalue weighted by molar-refractivity contribution is -0.377. The van der Waals surface area contributed by atoms with Crippen LogP contribution in [-0.2, 0) is 23.7 Å². The first-order valence-electron chi connectivity index (χ1n) is 10.4. The molecule has 0 aromatic heterocycles. The van der Waals surface area contributed by atoms with Crippen molar-refractivity contribution in [3.8, 4) is 0 Å². The minimum Gasteiger partial charge on any atom is -0.394 e. The molecule has 194 valence electrons. The Bertz CT molecular complexity index is 624. The molecule has 0 amide bonds. The van der Waals surface area contributed by atoms with Gasteiger partial charge in [-0.2, -0.15) is 0 Å². The van der Waals surface area contributed by atoms with Gasteiger partial charge in [-0.1, -0.05) is 0 Å². The maximum absolute atomic E-state index is 10.7. The molecule has 33 heavy (non-hydrogen) atoms. The molecule has 0 saturated carbocycles. The van der Waals surface area contributed by atoms with E-state index in [-0.39, 0.29) is 0 Å². The van der Waals surface area contributed by atoms with Gasteiger partial charge in [0.2, 0.25) is 0 Å². The van der Waals surface area contributed by atoms with Crippen LogP contribution < -0.4 is 0 Å². The van der Waals surface area contributed by atoms with Gasteiger partial charge in [0.05, 0.1) is 19.3 Å². The summed E-state index contributed by atoms with van der Waals surface area (Å²) in [5.74, 6) is 0. The van der Waals surface area contributed by atoms with E-state index in [2.05, 4.69) is 0 Å². The van der Waals surface area contributed by atoms with Crippen LogP contribution in [0.1, 0.15) is 6.92 Å². The fraction of sp³-hybridized carbons (Fsp3) is 1.00. The minimum absolute atomic E-state index is 0.749. The molecular formula is C18H32O15. The highest BCUT2D eigenvalue weighted by Crippen LogP contribution is 2.32. The SMILES string of the molecule is C[C@@H]1O[C@@H](O[C@H]2[C@@H](O)[C@@H](CO)O[C@@H](O[C@H]3[C@H](O)[C@@H](O)C(O)O[C@@H]3CO)[C@@H]2O)[C@@H](O)[C@H](O)[C@@H]1O. The monoisotopic (exact) mass is 488 g/mol. The Balaban J connectivity index is 1.77. The molecule has 0 radical (unpaired) electrons. The summed E-state index contributed by atoms with van der Waals surface area (Å²) in [6.45, 7) is -0.122. The second-order valence-electron chi connectivity index (χ2n) is 8.32. The summed E-state index contributed by atoms with van der Waals surface area (Å²) in [4.78, 5) is 0. The van der Waals surface area contributed by atoms with E-state index in [0.717, 1.165) is 0 Å². The Morgan fingerprint density at radius 1 is 0.545 bits per heavy atom. The van der Waals surface area contributed by atoms with Crippen LogP contribution in [-0.4, -0.2) is 156 Å². The largest absolute Gasteiger partial charge is 0.394 e. The van der Waals surface area contributed by atoms with E-state index < -0.39 is 105 Å². The van der Waals surface area contributed by atoms with Crippen LogP contribution in [0, 0.1) is 0 Å². The van der Waals surface area contributed by atoms with Crippen molar-refractivity contribution in [2.45, 2.75) is 99.0 Å². The smallest absolute Gasteiger partial charge is 0.187 e. The van der Waals surface area contributed by atoms with E-state index in [1.807, 2.05) is 0 Å². The molecule has 3 saturated heterocycles. The molecule has 3 fully saturated rings. The van der Waals surface area contributed by atoms with Crippen LogP contribution in [0.4, 0.5) is 0 Å². The third kappa shape index (κ3) is 5.32. The molecular weight excluding hydrogens is 456 g/mol. The second kappa shape index (κ2) is 11.0. The molecule has 0 spiro atoms. The predicted molar refractivity (Wildman–Crippen MR) is 99.8 cm³/mol. The summed E-state index contributed by atoms with van der Waals surface area (Å²) >= 11 is 0. The van der Waals surface area contributed by atoms with Crippen molar-refractivity contribution in [3.05, 3.63) is 0 Å². The zero-order valence-electron chi connectivity index (χ0n) is 17.6. The van der Waals surface area contributed by atoms with Gasteiger partial charge in [-0.25, -0.2) is 0 Å². The lowest BCUT2D eigenvalue weighted by atomic mass is 9.96. The highest BCUT2D eigenvalue weighted by molar-refractivity contribution is 4.96. The second-order valence-corrected chi connectivity index (χ2v) is 8.32. The highest BCUT2D eigenvalue weighted by Gasteiger charge is 2.53. The number of hydrogen-bond acceptors (Lipinski definition) is 15. The maximum atomic E-state index is 10.7. The van der Waals surface area contributed by atoms with Gasteiger partial charge < -0.3 is 74.7 Å². The van der Waals surface area contributed by atoms with E-state index in [1.165, 1.54) is 6.92 Å². The summed E-state index contributed by atoms with van der Waals surface area (Å²) in [5.41, 5.74) is 0. The summed E-state index contributed by atoms with van der Waals surface area (Å²) < 4.78 is 26.6. The normalized spacial score (nSPS) is 53.7. The first-order chi connectivity index (χ1) is 15.5. The molecule has 0 aliphatic carbocycles. The van der Waals surface area contributed by atoms with Crippen LogP contribution in [0.5, 0.6) is 0 Å². The van der Waals surface area contributed by atoms with Crippen LogP contribution in [0.3, 0.4) is 0 Å². The molecule has 0 bridgehead atoms. The molecule has 0 aromatic rings. The zero-order valence-corrected chi connectivity index (χ0v) is 17.6. The first kappa shape index (κ1) is 27.0. The number of hydrogen-bond donors (Lipinski definition) is 10. The van der Waals surface area contributed by atoms with Gasteiger partial charge in [0, 0.05) is 0 Å². The van der Waals surface area contributed by atoms with E-state index in [0.29, 0.717) is 0 Å². The van der Waals surface area contributed by atoms with Crippen LogP contribution in [0.25, 0.3) is 0 Å². The maximum Gasteiger partial charge on any atom is 0.187 e. The number of rotatable bonds is 6. The van der Waals surface area contributed by atoms with Gasteiger partial charge in [0.1, 0.15) is 67.1 Å². The fourth-order valence-corrected chi connectivity index (χ4v) is 4.00. The van der Waals surface area contributed by atoms with Gasteiger partial charge in [0.15, 0.2) is 18.9 Å².